The van der Waals surface area contributed by atoms with Gasteiger partial charge in [-0.05, 0) is 82.0 Å². The van der Waals surface area contributed by atoms with Crippen LogP contribution in [0.25, 0.3) is 0 Å². The summed E-state index contributed by atoms with van der Waals surface area (Å²) < 4.78 is 6.18. The molecule has 1 fully saturated rings. The van der Waals surface area contributed by atoms with Gasteiger partial charge in [0.1, 0.15) is 5.75 Å². The number of fused-ring (bicyclic) bond motifs is 2. The molecule has 1 amide bonds. The zero-order valence-corrected chi connectivity index (χ0v) is 21.3. The standard InChI is InChI=1S/C29H28BrN3O2/c1-35-23-10-8-21(9-11-23)19-33-27-24(29(28(33)34)13-5-14-29)16-22(17-25(27)30)26(12-15-31)32-18-20-6-3-2-4-7-20/h2-4,6-12,15-17H,5,13-14,18-19,31H2,1H3. The van der Waals surface area contributed by atoms with E-state index in [1.807, 2.05) is 53.4 Å². The van der Waals surface area contributed by atoms with Crippen LogP contribution in [0, 0.1) is 0 Å². The number of halogens is 1. The molecular formula is C29H28BrN3O2. The monoisotopic (exact) mass is 529 g/mol. The first-order valence-corrected chi connectivity index (χ1v) is 12.6. The van der Waals surface area contributed by atoms with Crippen LogP contribution in [0.5, 0.6) is 5.75 Å². The number of methoxy groups -OCH3 is 1. The molecule has 1 aliphatic carbocycles. The molecule has 2 N–H and O–H groups in total. The molecule has 3 aromatic rings. The molecule has 2 aliphatic rings. The van der Waals surface area contributed by atoms with Gasteiger partial charge in [-0.15, -0.1) is 0 Å². The summed E-state index contributed by atoms with van der Waals surface area (Å²) in [6, 6.07) is 22.2. The van der Waals surface area contributed by atoms with Gasteiger partial charge in [-0.2, -0.15) is 0 Å². The summed E-state index contributed by atoms with van der Waals surface area (Å²) in [6.07, 6.45) is 6.15. The lowest BCUT2D eigenvalue weighted by Crippen LogP contribution is -2.44. The number of hydrogen-bond donors (Lipinski definition) is 1. The maximum atomic E-state index is 13.8. The van der Waals surface area contributed by atoms with Crippen molar-refractivity contribution in [3.63, 3.8) is 0 Å². The lowest BCUT2D eigenvalue weighted by molar-refractivity contribution is -0.126. The van der Waals surface area contributed by atoms with E-state index >= 15 is 0 Å². The van der Waals surface area contributed by atoms with Crippen molar-refractivity contribution in [2.24, 2.45) is 10.7 Å². The maximum absolute atomic E-state index is 13.8. The molecule has 0 aromatic heterocycles. The highest BCUT2D eigenvalue weighted by atomic mass is 79.9. The second-order valence-corrected chi connectivity index (χ2v) is 9.93. The lowest BCUT2D eigenvalue weighted by atomic mass is 9.65. The molecule has 0 saturated heterocycles. The molecule has 5 rings (SSSR count). The van der Waals surface area contributed by atoms with Crippen LogP contribution in [0.4, 0.5) is 5.69 Å². The van der Waals surface area contributed by atoms with E-state index in [4.69, 9.17) is 15.5 Å². The number of ether oxygens (including phenoxy) is 1. The third-order valence-corrected chi connectivity index (χ3v) is 7.64. The molecule has 0 atom stereocenters. The molecular weight excluding hydrogens is 502 g/mol. The van der Waals surface area contributed by atoms with Gasteiger partial charge < -0.3 is 15.4 Å². The topological polar surface area (TPSA) is 67.9 Å². The average Bonchev–Trinajstić information content (AvgIpc) is 3.11. The van der Waals surface area contributed by atoms with E-state index in [-0.39, 0.29) is 5.91 Å². The zero-order chi connectivity index (χ0) is 24.4. The van der Waals surface area contributed by atoms with Crippen LogP contribution in [-0.2, 0) is 23.3 Å². The first-order valence-electron chi connectivity index (χ1n) is 11.8. The predicted octanol–water partition coefficient (Wildman–Crippen LogP) is 5.89. The Morgan fingerprint density at radius 3 is 2.49 bits per heavy atom. The van der Waals surface area contributed by atoms with Crippen molar-refractivity contribution in [3.05, 3.63) is 106 Å². The van der Waals surface area contributed by atoms with E-state index in [2.05, 4.69) is 40.2 Å². The Morgan fingerprint density at radius 2 is 1.86 bits per heavy atom. The highest BCUT2D eigenvalue weighted by Crippen LogP contribution is 2.56. The Morgan fingerprint density at radius 1 is 1.11 bits per heavy atom. The molecule has 0 unspecified atom stereocenters. The summed E-state index contributed by atoms with van der Waals surface area (Å²) in [4.78, 5) is 20.6. The van der Waals surface area contributed by atoms with Crippen LogP contribution >= 0.6 is 15.9 Å². The molecule has 1 heterocycles. The normalized spacial score (nSPS) is 16.6. The lowest BCUT2D eigenvalue weighted by Gasteiger charge is -2.37. The van der Waals surface area contributed by atoms with Gasteiger partial charge in [-0.25, -0.2) is 0 Å². The summed E-state index contributed by atoms with van der Waals surface area (Å²) in [5.41, 5.74) is 11.3. The number of carbonyl (C=O) groups is 1. The Bertz CT molecular complexity index is 1300. The van der Waals surface area contributed by atoms with Crippen LogP contribution < -0.4 is 15.4 Å². The summed E-state index contributed by atoms with van der Waals surface area (Å²) in [5.74, 6) is 0.989. The van der Waals surface area contributed by atoms with E-state index in [1.165, 1.54) is 6.20 Å². The summed E-state index contributed by atoms with van der Waals surface area (Å²) in [5, 5.41) is 0. The van der Waals surface area contributed by atoms with Crippen molar-refractivity contribution in [2.45, 2.75) is 37.8 Å². The number of aliphatic imine (C=N–C) groups is 1. The second kappa shape index (κ2) is 9.70. The van der Waals surface area contributed by atoms with Crippen molar-refractivity contribution in [2.75, 3.05) is 12.0 Å². The highest BCUT2D eigenvalue weighted by molar-refractivity contribution is 9.10. The molecule has 6 heteroatoms. The Hall–Kier alpha value is -3.38. The van der Waals surface area contributed by atoms with Crippen molar-refractivity contribution >= 4 is 33.2 Å². The van der Waals surface area contributed by atoms with Crippen molar-refractivity contribution in [1.82, 2.24) is 0 Å². The van der Waals surface area contributed by atoms with Gasteiger partial charge in [-0.1, -0.05) is 48.9 Å². The molecule has 1 saturated carbocycles. The van der Waals surface area contributed by atoms with E-state index in [0.717, 1.165) is 63.1 Å². The summed E-state index contributed by atoms with van der Waals surface area (Å²) >= 11 is 3.80. The molecule has 0 bridgehead atoms. The van der Waals surface area contributed by atoms with E-state index in [1.54, 1.807) is 7.11 Å². The summed E-state index contributed by atoms with van der Waals surface area (Å²) in [7, 11) is 1.65. The van der Waals surface area contributed by atoms with Gasteiger partial charge in [0.05, 0.1) is 37.0 Å². The van der Waals surface area contributed by atoms with Crippen molar-refractivity contribution < 1.29 is 9.53 Å². The first-order chi connectivity index (χ1) is 17.1. The number of carbonyl (C=O) groups excluding carboxylic acids is 1. The van der Waals surface area contributed by atoms with E-state index in [0.29, 0.717) is 13.1 Å². The highest BCUT2D eigenvalue weighted by Gasteiger charge is 2.55. The number of rotatable bonds is 7. The van der Waals surface area contributed by atoms with Gasteiger partial charge in [0.15, 0.2) is 0 Å². The van der Waals surface area contributed by atoms with E-state index in [9.17, 15) is 4.79 Å². The first kappa shape index (κ1) is 23.4. The fourth-order valence-corrected chi connectivity index (χ4v) is 5.70. The van der Waals surface area contributed by atoms with Crippen LogP contribution in [0.15, 0.2) is 88.5 Å². The van der Waals surface area contributed by atoms with Crippen LogP contribution in [0.3, 0.4) is 0 Å². The fraction of sp³-hybridized carbons (Fsp3) is 0.241. The molecule has 1 spiro atoms. The van der Waals surface area contributed by atoms with Gasteiger partial charge in [0, 0.05) is 10.0 Å². The third-order valence-electron chi connectivity index (χ3n) is 7.03. The molecule has 5 nitrogen and oxygen atoms in total. The molecule has 35 heavy (non-hydrogen) atoms. The predicted molar refractivity (Wildman–Crippen MR) is 144 cm³/mol. The minimum atomic E-state index is -0.447. The summed E-state index contributed by atoms with van der Waals surface area (Å²) in [6.45, 7) is 1.08. The van der Waals surface area contributed by atoms with Gasteiger partial charge >= 0.3 is 0 Å². The number of nitrogens with two attached hydrogens (primary N) is 1. The number of anilines is 1. The average molecular weight is 530 g/mol. The number of allylic oxidation sites excluding steroid dienone is 1. The zero-order valence-electron chi connectivity index (χ0n) is 19.7. The second-order valence-electron chi connectivity index (χ2n) is 9.08. The van der Waals surface area contributed by atoms with Crippen molar-refractivity contribution in [3.8, 4) is 5.75 Å². The third kappa shape index (κ3) is 4.27. The van der Waals surface area contributed by atoms with Crippen LogP contribution in [-0.4, -0.2) is 18.7 Å². The fourth-order valence-electron chi connectivity index (χ4n) is 5.03. The van der Waals surface area contributed by atoms with Gasteiger partial charge in [0.2, 0.25) is 5.91 Å². The van der Waals surface area contributed by atoms with Crippen LogP contribution in [0.1, 0.15) is 41.5 Å². The maximum Gasteiger partial charge on any atom is 0.238 e. The molecule has 0 radical (unpaired) electrons. The minimum absolute atomic E-state index is 0.185. The number of amides is 1. The van der Waals surface area contributed by atoms with Crippen LogP contribution in [0.2, 0.25) is 0 Å². The number of benzene rings is 3. The SMILES string of the molecule is COc1ccc(CN2C(=O)C3(CCC3)c3cc(C(C=CN)=NCc4ccccc4)cc(Br)c32)cc1. The molecule has 1 aliphatic heterocycles. The largest absolute Gasteiger partial charge is 0.497 e. The van der Waals surface area contributed by atoms with Crippen molar-refractivity contribution in [1.29, 1.82) is 0 Å². The van der Waals surface area contributed by atoms with Gasteiger partial charge in [-0.3, -0.25) is 9.79 Å². The number of hydrogen-bond acceptors (Lipinski definition) is 4. The Labute approximate surface area is 214 Å². The Balaban J connectivity index is 1.53. The number of nitrogens with zero attached hydrogens (tertiary/aromatic N) is 2. The molecule has 178 valence electrons. The molecule has 3 aromatic carbocycles. The Kier molecular flexibility index (Phi) is 6.48. The minimum Gasteiger partial charge on any atom is -0.497 e. The van der Waals surface area contributed by atoms with E-state index < -0.39 is 5.41 Å². The van der Waals surface area contributed by atoms with Gasteiger partial charge in [0.25, 0.3) is 0 Å². The smallest absolute Gasteiger partial charge is 0.238 e. The quantitative estimate of drug-likeness (QED) is 0.388.